The molecule has 1 amide bonds. The Morgan fingerprint density at radius 2 is 2.33 bits per heavy atom. The number of fused-ring (bicyclic) bond motifs is 1. The van der Waals surface area contributed by atoms with Crippen LogP contribution in [-0.4, -0.2) is 45.9 Å². The molecule has 0 aromatic carbocycles. The molecule has 3 rings (SSSR count). The molecule has 1 aromatic heterocycles. The number of likely N-dealkylation sites (tertiary alicyclic amines) is 1. The Kier molecular flexibility index (Phi) is 3.54. The summed E-state index contributed by atoms with van der Waals surface area (Å²) in [5.41, 5.74) is -0.124. The van der Waals surface area contributed by atoms with Crippen LogP contribution in [0.1, 0.15) is 23.7 Å². The topological polar surface area (TPSA) is 88.4 Å². The van der Waals surface area contributed by atoms with Crippen LogP contribution in [0.2, 0.25) is 5.15 Å². The number of nitrogens with zero attached hydrogens (tertiary/aromatic N) is 3. The highest BCUT2D eigenvalue weighted by Crippen LogP contribution is 2.34. The van der Waals surface area contributed by atoms with Crippen LogP contribution < -0.4 is 5.32 Å². The lowest BCUT2D eigenvalue weighted by atomic mass is 10.0. The first kappa shape index (κ1) is 14.2. The third kappa shape index (κ3) is 2.36. The van der Waals surface area contributed by atoms with Crippen LogP contribution in [0.5, 0.6) is 0 Å². The van der Waals surface area contributed by atoms with Gasteiger partial charge in [0.15, 0.2) is 0 Å². The smallest absolute Gasteiger partial charge is 0.288 e. The van der Waals surface area contributed by atoms with Gasteiger partial charge in [-0.15, -0.1) is 0 Å². The molecule has 2 aliphatic rings. The van der Waals surface area contributed by atoms with Crippen LogP contribution in [0.3, 0.4) is 0 Å². The monoisotopic (exact) mass is 310 g/mol. The van der Waals surface area contributed by atoms with Gasteiger partial charge in [-0.3, -0.25) is 14.9 Å². The number of hydrogen-bond donors (Lipinski definition) is 1. The highest BCUT2D eigenvalue weighted by atomic mass is 35.5. The van der Waals surface area contributed by atoms with Gasteiger partial charge in [0, 0.05) is 31.2 Å². The lowest BCUT2D eigenvalue weighted by Crippen LogP contribution is -2.43. The van der Waals surface area contributed by atoms with Crippen molar-refractivity contribution in [3.05, 3.63) is 33.1 Å². The number of halogens is 1. The Morgan fingerprint density at radius 1 is 1.57 bits per heavy atom. The van der Waals surface area contributed by atoms with Gasteiger partial charge in [0.25, 0.3) is 11.6 Å². The maximum atomic E-state index is 12.7. The Hall–Kier alpha value is -1.73. The van der Waals surface area contributed by atoms with Crippen LogP contribution >= 0.6 is 11.6 Å². The molecule has 0 radical (unpaired) electrons. The maximum absolute atomic E-state index is 12.7. The average molecular weight is 311 g/mol. The second kappa shape index (κ2) is 5.23. The number of pyridine rings is 1. The molecule has 112 valence electrons. The first-order valence-corrected chi connectivity index (χ1v) is 7.20. The van der Waals surface area contributed by atoms with E-state index in [1.54, 1.807) is 4.90 Å². The molecule has 0 spiro atoms. The summed E-state index contributed by atoms with van der Waals surface area (Å²) < 4.78 is 0. The number of nitro groups is 1. The SMILES string of the molecule is CC1CC2CNCC2N1C(=O)c1cc([N+](=O)[O-])cnc1Cl. The quantitative estimate of drug-likeness (QED) is 0.507. The van der Waals surface area contributed by atoms with Gasteiger partial charge in [0.1, 0.15) is 11.3 Å². The average Bonchev–Trinajstić information content (AvgIpc) is 2.98. The van der Waals surface area contributed by atoms with Gasteiger partial charge in [-0.2, -0.15) is 0 Å². The first-order chi connectivity index (χ1) is 9.99. The second-order valence-electron chi connectivity index (χ2n) is 5.57. The van der Waals surface area contributed by atoms with Gasteiger partial charge in [0.2, 0.25) is 0 Å². The van der Waals surface area contributed by atoms with Crippen molar-refractivity contribution in [2.24, 2.45) is 5.92 Å². The van der Waals surface area contributed by atoms with Gasteiger partial charge < -0.3 is 10.2 Å². The van der Waals surface area contributed by atoms with E-state index in [1.165, 1.54) is 6.07 Å². The molecule has 2 aliphatic heterocycles. The van der Waals surface area contributed by atoms with E-state index < -0.39 is 4.92 Å². The summed E-state index contributed by atoms with van der Waals surface area (Å²) >= 11 is 5.97. The Balaban J connectivity index is 1.94. The zero-order valence-electron chi connectivity index (χ0n) is 11.5. The fourth-order valence-corrected chi connectivity index (χ4v) is 3.52. The molecular weight excluding hydrogens is 296 g/mol. The Morgan fingerprint density at radius 3 is 3.05 bits per heavy atom. The van der Waals surface area contributed by atoms with E-state index in [-0.39, 0.29) is 34.4 Å². The normalized spacial score (nSPS) is 27.7. The Bertz CT molecular complexity index is 609. The van der Waals surface area contributed by atoms with E-state index >= 15 is 0 Å². The van der Waals surface area contributed by atoms with Gasteiger partial charge in [-0.05, 0) is 19.3 Å². The zero-order chi connectivity index (χ0) is 15.1. The summed E-state index contributed by atoms with van der Waals surface area (Å²) in [4.78, 5) is 28.6. The number of rotatable bonds is 2. The molecule has 3 heterocycles. The van der Waals surface area contributed by atoms with E-state index in [0.717, 1.165) is 25.7 Å². The van der Waals surface area contributed by atoms with Crippen molar-refractivity contribution >= 4 is 23.2 Å². The fraction of sp³-hybridized carbons (Fsp3) is 0.538. The van der Waals surface area contributed by atoms with E-state index in [9.17, 15) is 14.9 Å². The van der Waals surface area contributed by atoms with Crippen LogP contribution in [0, 0.1) is 16.0 Å². The van der Waals surface area contributed by atoms with Gasteiger partial charge in [-0.25, -0.2) is 4.98 Å². The number of carbonyl (C=O) groups excluding carboxylic acids is 1. The molecule has 8 heteroatoms. The fourth-order valence-electron chi connectivity index (χ4n) is 3.34. The van der Waals surface area contributed by atoms with E-state index in [1.807, 2.05) is 6.92 Å². The molecule has 7 nitrogen and oxygen atoms in total. The molecule has 1 aromatic rings. The predicted octanol–water partition coefficient (Wildman–Crippen LogP) is 1.47. The van der Waals surface area contributed by atoms with Crippen LogP contribution in [0.15, 0.2) is 12.3 Å². The van der Waals surface area contributed by atoms with Crippen molar-refractivity contribution in [1.29, 1.82) is 0 Å². The molecule has 2 fully saturated rings. The van der Waals surface area contributed by atoms with Crippen LogP contribution in [-0.2, 0) is 0 Å². The predicted molar refractivity (Wildman–Crippen MR) is 76.3 cm³/mol. The molecule has 1 N–H and O–H groups in total. The van der Waals surface area contributed by atoms with Crippen LogP contribution in [0.4, 0.5) is 5.69 Å². The lowest BCUT2D eigenvalue weighted by molar-refractivity contribution is -0.385. The molecule has 21 heavy (non-hydrogen) atoms. The number of aromatic nitrogens is 1. The van der Waals surface area contributed by atoms with Gasteiger partial charge in [-0.1, -0.05) is 11.6 Å². The van der Waals surface area contributed by atoms with Crippen molar-refractivity contribution in [3.8, 4) is 0 Å². The van der Waals surface area contributed by atoms with E-state index in [0.29, 0.717) is 5.92 Å². The molecule has 0 bridgehead atoms. The minimum Gasteiger partial charge on any atom is -0.331 e. The third-order valence-electron chi connectivity index (χ3n) is 4.28. The minimum absolute atomic E-state index is 0.00667. The zero-order valence-corrected chi connectivity index (χ0v) is 12.2. The van der Waals surface area contributed by atoms with Crippen molar-refractivity contribution in [1.82, 2.24) is 15.2 Å². The van der Waals surface area contributed by atoms with Crippen molar-refractivity contribution in [2.45, 2.75) is 25.4 Å². The molecular formula is C13H15ClN4O3. The van der Waals surface area contributed by atoms with Gasteiger partial charge >= 0.3 is 0 Å². The number of amides is 1. The maximum Gasteiger partial charge on any atom is 0.288 e. The summed E-state index contributed by atoms with van der Waals surface area (Å²) in [6.07, 6.45) is 2.00. The van der Waals surface area contributed by atoms with E-state index in [2.05, 4.69) is 10.3 Å². The summed E-state index contributed by atoms with van der Waals surface area (Å²) in [5, 5.41) is 14.1. The molecule has 0 saturated carbocycles. The Labute approximate surface area is 126 Å². The largest absolute Gasteiger partial charge is 0.331 e. The molecule has 0 aliphatic carbocycles. The molecule has 2 saturated heterocycles. The number of carbonyl (C=O) groups is 1. The van der Waals surface area contributed by atoms with Crippen molar-refractivity contribution < 1.29 is 9.72 Å². The number of nitrogens with one attached hydrogen (secondary N) is 1. The van der Waals surface area contributed by atoms with Crippen molar-refractivity contribution in [2.75, 3.05) is 13.1 Å². The second-order valence-corrected chi connectivity index (χ2v) is 5.93. The minimum atomic E-state index is -0.576. The highest BCUT2D eigenvalue weighted by Gasteiger charge is 2.44. The summed E-state index contributed by atoms with van der Waals surface area (Å²) in [6.45, 7) is 3.65. The third-order valence-corrected chi connectivity index (χ3v) is 4.58. The lowest BCUT2D eigenvalue weighted by Gasteiger charge is -2.27. The van der Waals surface area contributed by atoms with Crippen LogP contribution in [0.25, 0.3) is 0 Å². The standard InChI is InChI=1S/C13H15ClN4O3/c1-7-2-8-4-15-6-11(8)17(7)13(19)10-3-9(18(20)21)5-16-12(10)14/h3,5,7-8,11,15H,2,4,6H2,1H3. The summed E-state index contributed by atoms with van der Waals surface area (Å²) in [5.74, 6) is 0.161. The summed E-state index contributed by atoms with van der Waals surface area (Å²) in [7, 11) is 0. The highest BCUT2D eigenvalue weighted by molar-refractivity contribution is 6.32. The van der Waals surface area contributed by atoms with Gasteiger partial charge in [0.05, 0.1) is 10.5 Å². The first-order valence-electron chi connectivity index (χ1n) is 6.82. The molecule has 3 atom stereocenters. The molecule has 3 unspecified atom stereocenters. The number of hydrogen-bond acceptors (Lipinski definition) is 5. The van der Waals surface area contributed by atoms with E-state index in [4.69, 9.17) is 11.6 Å². The summed E-state index contributed by atoms with van der Waals surface area (Å²) in [6, 6.07) is 1.44. The van der Waals surface area contributed by atoms with Crippen molar-refractivity contribution in [3.63, 3.8) is 0 Å².